The number of H-pyrrole nitrogens is 1. The van der Waals surface area contributed by atoms with Gasteiger partial charge in [-0.2, -0.15) is 0 Å². The van der Waals surface area contributed by atoms with Crippen molar-refractivity contribution < 1.29 is 13.9 Å². The maximum absolute atomic E-state index is 12.2. The molecule has 26 heavy (non-hydrogen) atoms. The number of carbonyl (C=O) groups is 1. The Balaban J connectivity index is 1.78. The van der Waals surface area contributed by atoms with E-state index >= 15 is 0 Å². The number of hydrogen-bond acceptors (Lipinski definition) is 5. The van der Waals surface area contributed by atoms with E-state index in [1.54, 1.807) is 6.07 Å². The van der Waals surface area contributed by atoms with Gasteiger partial charge in [-0.1, -0.05) is 30.3 Å². The summed E-state index contributed by atoms with van der Waals surface area (Å²) in [5.41, 5.74) is -0.213. The van der Waals surface area contributed by atoms with E-state index in [1.807, 2.05) is 30.3 Å². The Kier molecular flexibility index (Phi) is 3.85. The van der Waals surface area contributed by atoms with E-state index in [0.717, 1.165) is 10.8 Å². The number of aromatic amines is 1. The summed E-state index contributed by atoms with van der Waals surface area (Å²) >= 11 is 0. The summed E-state index contributed by atoms with van der Waals surface area (Å²) in [4.78, 5) is 38.1. The lowest BCUT2D eigenvalue weighted by atomic mass is 10.0. The van der Waals surface area contributed by atoms with E-state index < -0.39 is 17.2 Å². The van der Waals surface area contributed by atoms with Gasteiger partial charge in [0.25, 0.3) is 5.56 Å². The van der Waals surface area contributed by atoms with Gasteiger partial charge in [-0.3, -0.25) is 4.79 Å². The van der Waals surface area contributed by atoms with Crippen molar-refractivity contribution in [2.24, 2.45) is 0 Å². The van der Waals surface area contributed by atoms with Gasteiger partial charge in [0.2, 0.25) is 0 Å². The molecule has 0 aliphatic carbocycles. The number of aromatic nitrogens is 1. The van der Waals surface area contributed by atoms with Gasteiger partial charge in [0.05, 0.1) is 0 Å². The van der Waals surface area contributed by atoms with Crippen LogP contribution in [-0.4, -0.2) is 11.0 Å². The molecule has 4 rings (SSSR count). The van der Waals surface area contributed by atoms with Gasteiger partial charge in [0.1, 0.15) is 17.8 Å². The maximum atomic E-state index is 12.2. The molecule has 2 aromatic carbocycles. The molecule has 0 atom stereocenters. The van der Waals surface area contributed by atoms with E-state index in [0.29, 0.717) is 16.5 Å². The van der Waals surface area contributed by atoms with Gasteiger partial charge in [-0.25, -0.2) is 9.59 Å². The Hall–Kier alpha value is -3.67. The van der Waals surface area contributed by atoms with Crippen molar-refractivity contribution in [3.05, 3.63) is 92.7 Å². The van der Waals surface area contributed by atoms with Crippen molar-refractivity contribution >= 4 is 27.7 Å². The fourth-order valence-corrected chi connectivity index (χ4v) is 2.94. The highest BCUT2D eigenvalue weighted by atomic mass is 16.5. The highest BCUT2D eigenvalue weighted by molar-refractivity contribution is 6.07. The standard InChI is InChI=1S/C20H13NO5/c22-17-10-13(11-25-20(24)15-6-3-9-21-19(15)23)18-14-5-2-1-4-12(14)7-8-16(18)26-17/h1-10H,11H2,(H,21,23). The van der Waals surface area contributed by atoms with Crippen molar-refractivity contribution in [2.45, 2.75) is 6.61 Å². The van der Waals surface area contributed by atoms with Gasteiger partial charge in [-0.05, 0) is 29.0 Å². The number of carbonyl (C=O) groups excluding carboxylic acids is 1. The number of esters is 1. The molecule has 6 heteroatoms. The summed E-state index contributed by atoms with van der Waals surface area (Å²) in [6, 6.07) is 15.4. The number of pyridine rings is 1. The minimum absolute atomic E-state index is 0.0929. The average molecular weight is 347 g/mol. The van der Waals surface area contributed by atoms with E-state index in [1.165, 1.54) is 24.4 Å². The van der Waals surface area contributed by atoms with E-state index in [2.05, 4.69) is 4.98 Å². The van der Waals surface area contributed by atoms with E-state index in [-0.39, 0.29) is 12.2 Å². The topological polar surface area (TPSA) is 89.4 Å². The van der Waals surface area contributed by atoms with E-state index in [4.69, 9.17) is 9.15 Å². The summed E-state index contributed by atoms with van der Waals surface area (Å²) < 4.78 is 10.5. The average Bonchev–Trinajstić information content (AvgIpc) is 2.65. The maximum Gasteiger partial charge on any atom is 0.344 e. The molecule has 0 aliphatic heterocycles. The molecule has 2 heterocycles. The number of ether oxygens (including phenoxy) is 1. The van der Waals surface area contributed by atoms with Crippen LogP contribution in [0.15, 0.2) is 74.8 Å². The molecule has 0 aliphatic rings. The van der Waals surface area contributed by atoms with Crippen LogP contribution in [0, 0.1) is 0 Å². The Labute approximate surface area is 146 Å². The molecule has 0 bridgehead atoms. The summed E-state index contributed by atoms with van der Waals surface area (Å²) in [6.07, 6.45) is 1.43. The van der Waals surface area contributed by atoms with Crippen LogP contribution in [-0.2, 0) is 11.3 Å². The van der Waals surface area contributed by atoms with Gasteiger partial charge in [-0.15, -0.1) is 0 Å². The highest BCUT2D eigenvalue weighted by Gasteiger charge is 2.14. The molecule has 6 nitrogen and oxygen atoms in total. The largest absolute Gasteiger partial charge is 0.457 e. The number of benzene rings is 2. The Morgan fingerprint density at radius 2 is 1.88 bits per heavy atom. The van der Waals surface area contributed by atoms with Crippen LogP contribution < -0.4 is 11.2 Å². The number of nitrogens with one attached hydrogen (secondary N) is 1. The summed E-state index contributed by atoms with van der Waals surface area (Å²) in [7, 11) is 0. The van der Waals surface area contributed by atoms with Crippen molar-refractivity contribution in [3.8, 4) is 0 Å². The van der Waals surface area contributed by atoms with Crippen LogP contribution in [0.4, 0.5) is 0 Å². The first-order valence-corrected chi connectivity index (χ1v) is 7.93. The molecule has 128 valence electrons. The van der Waals surface area contributed by atoms with Crippen LogP contribution in [0.25, 0.3) is 21.7 Å². The smallest absolute Gasteiger partial charge is 0.344 e. The summed E-state index contributed by atoms with van der Waals surface area (Å²) in [5, 5.41) is 2.57. The predicted octanol–water partition coefficient (Wildman–Crippen LogP) is 2.99. The second-order valence-corrected chi connectivity index (χ2v) is 5.74. The van der Waals surface area contributed by atoms with Gasteiger partial charge >= 0.3 is 11.6 Å². The lowest BCUT2D eigenvalue weighted by molar-refractivity contribution is 0.0471. The third-order valence-corrected chi connectivity index (χ3v) is 4.11. The molecule has 0 unspecified atom stereocenters. The minimum atomic E-state index is -0.756. The van der Waals surface area contributed by atoms with Crippen LogP contribution in [0.3, 0.4) is 0 Å². The fraction of sp³-hybridized carbons (Fsp3) is 0.0500. The Bertz CT molecular complexity index is 1250. The molecular weight excluding hydrogens is 334 g/mol. The zero-order chi connectivity index (χ0) is 18.1. The second kappa shape index (κ2) is 6.33. The number of rotatable bonds is 3. The Morgan fingerprint density at radius 1 is 1.04 bits per heavy atom. The lowest BCUT2D eigenvalue weighted by Crippen LogP contribution is -2.19. The zero-order valence-electron chi connectivity index (χ0n) is 13.5. The molecule has 0 spiro atoms. The van der Waals surface area contributed by atoms with Crippen molar-refractivity contribution in [2.75, 3.05) is 0 Å². The third-order valence-electron chi connectivity index (χ3n) is 4.11. The van der Waals surface area contributed by atoms with E-state index in [9.17, 15) is 14.4 Å². The molecule has 0 radical (unpaired) electrons. The first-order chi connectivity index (χ1) is 12.6. The van der Waals surface area contributed by atoms with Gasteiger partial charge in [0, 0.05) is 23.2 Å². The minimum Gasteiger partial charge on any atom is -0.457 e. The quantitative estimate of drug-likeness (QED) is 0.350. The summed E-state index contributed by atoms with van der Waals surface area (Å²) in [5.74, 6) is -0.756. The Morgan fingerprint density at radius 3 is 2.73 bits per heavy atom. The van der Waals surface area contributed by atoms with Crippen molar-refractivity contribution in [3.63, 3.8) is 0 Å². The molecule has 0 amide bonds. The van der Waals surface area contributed by atoms with Crippen LogP contribution in [0.2, 0.25) is 0 Å². The summed E-state index contributed by atoms with van der Waals surface area (Å²) in [6.45, 7) is -0.150. The predicted molar refractivity (Wildman–Crippen MR) is 96.2 cm³/mol. The number of fused-ring (bicyclic) bond motifs is 3. The normalized spacial score (nSPS) is 10.9. The first kappa shape index (κ1) is 15.8. The lowest BCUT2D eigenvalue weighted by Gasteiger charge is -2.09. The third kappa shape index (κ3) is 2.77. The molecule has 0 fully saturated rings. The van der Waals surface area contributed by atoms with Crippen molar-refractivity contribution in [1.82, 2.24) is 4.98 Å². The molecular formula is C20H13NO5. The highest BCUT2D eigenvalue weighted by Crippen LogP contribution is 2.27. The molecule has 0 saturated heterocycles. The number of hydrogen-bond donors (Lipinski definition) is 1. The van der Waals surface area contributed by atoms with Crippen LogP contribution >= 0.6 is 0 Å². The van der Waals surface area contributed by atoms with Gasteiger partial charge in [0.15, 0.2) is 0 Å². The zero-order valence-corrected chi connectivity index (χ0v) is 13.5. The first-order valence-electron chi connectivity index (χ1n) is 7.93. The van der Waals surface area contributed by atoms with Crippen LogP contribution in [0.1, 0.15) is 15.9 Å². The van der Waals surface area contributed by atoms with Crippen molar-refractivity contribution in [1.29, 1.82) is 0 Å². The monoisotopic (exact) mass is 347 g/mol. The molecule has 1 N–H and O–H groups in total. The SMILES string of the molecule is O=C(OCc1cc(=O)oc2ccc3ccccc3c12)c1ccc[nH]c1=O. The molecule has 4 aromatic rings. The molecule has 2 aromatic heterocycles. The van der Waals surface area contributed by atoms with Gasteiger partial charge < -0.3 is 14.1 Å². The molecule has 0 saturated carbocycles. The second-order valence-electron chi connectivity index (χ2n) is 5.74. The van der Waals surface area contributed by atoms with Crippen LogP contribution in [0.5, 0.6) is 0 Å². The fourth-order valence-electron chi connectivity index (χ4n) is 2.94.